The summed E-state index contributed by atoms with van der Waals surface area (Å²) in [7, 11) is 0. The van der Waals surface area contributed by atoms with E-state index in [0.717, 1.165) is 0 Å². The van der Waals surface area contributed by atoms with E-state index in [1.165, 1.54) is 0 Å². The minimum Gasteiger partial charge on any atom is -0.329 e. The molecule has 0 saturated heterocycles. The summed E-state index contributed by atoms with van der Waals surface area (Å²) in [5.74, 6) is 0.472. The normalized spacial score (nSPS) is 3.60. The second kappa shape index (κ2) is 16.1. The number of hydrogen-bond donors (Lipinski definition) is 0. The molecule has 0 heterocycles. The Morgan fingerprint density at radius 1 is 1.40 bits per heavy atom. The van der Waals surface area contributed by atoms with Crippen LogP contribution in [0.1, 0.15) is 0 Å². The average Bonchev–Trinajstić information content (AvgIpc) is 0.918. The number of alkyl halides is 1. The van der Waals surface area contributed by atoms with Gasteiger partial charge in [-0.05, 0) is 0 Å². The van der Waals surface area contributed by atoms with Crippen molar-refractivity contribution in [2.75, 3.05) is 5.88 Å². The van der Waals surface area contributed by atoms with Crippen LogP contribution in [-0.2, 0) is 65.4 Å². The SMILES string of the molecule is [CH2-]CCl.[Y].[Y]. The van der Waals surface area contributed by atoms with Crippen LogP contribution in [-0.4, -0.2) is 5.88 Å². The molecule has 0 aliphatic rings. The fourth-order valence-electron chi connectivity index (χ4n) is 0. The molecule has 0 bridgehead atoms. The van der Waals surface area contributed by atoms with Gasteiger partial charge in [-0.3, -0.25) is 0 Å². The summed E-state index contributed by atoms with van der Waals surface area (Å²) >= 11 is 4.89. The second-order valence-electron chi connectivity index (χ2n) is 0.189. The third kappa shape index (κ3) is 21.1. The first-order valence-electron chi connectivity index (χ1n) is 0.767. The molecule has 3 heteroatoms. The summed E-state index contributed by atoms with van der Waals surface area (Å²) in [4.78, 5) is 0. The Hall–Kier alpha value is 2.50. The van der Waals surface area contributed by atoms with Crippen LogP contribution in [0.5, 0.6) is 0 Å². The van der Waals surface area contributed by atoms with Crippen molar-refractivity contribution in [2.24, 2.45) is 0 Å². The Kier molecular flexibility index (Phi) is 50.2. The molecule has 0 aliphatic heterocycles. The standard InChI is InChI=1S/C2H4Cl.2Y/c1-2-3;;/h1-2H2;;/q-1;;. The molecule has 0 N–H and O–H groups in total. The maximum absolute atomic E-state index is 4.89. The van der Waals surface area contributed by atoms with E-state index in [9.17, 15) is 0 Å². The molecule has 0 aromatic carbocycles. The molecule has 0 nitrogen and oxygen atoms in total. The van der Waals surface area contributed by atoms with E-state index in [-0.39, 0.29) is 65.4 Å². The molecule has 0 unspecified atom stereocenters. The molecule has 0 amide bonds. The van der Waals surface area contributed by atoms with Gasteiger partial charge in [0.2, 0.25) is 0 Å². The monoisotopic (exact) mass is 241 g/mol. The predicted molar refractivity (Wildman–Crippen MR) is 16.1 cm³/mol. The predicted octanol–water partition coefficient (Wildman–Crippen LogP) is 1.05. The van der Waals surface area contributed by atoms with Crippen LogP contribution < -0.4 is 0 Å². The minimum atomic E-state index is 0. The van der Waals surface area contributed by atoms with Gasteiger partial charge in [-0.1, -0.05) is 0 Å². The number of rotatable bonds is 0. The van der Waals surface area contributed by atoms with Crippen LogP contribution in [0.2, 0.25) is 0 Å². The van der Waals surface area contributed by atoms with E-state index in [2.05, 4.69) is 6.92 Å². The maximum Gasteiger partial charge on any atom is 0 e. The molecule has 0 rings (SSSR count). The van der Waals surface area contributed by atoms with Crippen molar-refractivity contribution in [1.29, 1.82) is 0 Å². The van der Waals surface area contributed by atoms with Crippen molar-refractivity contribution in [3.05, 3.63) is 6.92 Å². The van der Waals surface area contributed by atoms with Crippen molar-refractivity contribution >= 4 is 11.6 Å². The molecule has 0 fully saturated rings. The third-order valence-electron chi connectivity index (χ3n) is 0. The fourth-order valence-corrected chi connectivity index (χ4v) is 0. The molecular formula is C2H4ClY2-. The summed E-state index contributed by atoms with van der Waals surface area (Å²) in [6.45, 7) is 3.25. The van der Waals surface area contributed by atoms with E-state index in [1.807, 2.05) is 0 Å². The van der Waals surface area contributed by atoms with Crippen LogP contribution in [0.3, 0.4) is 0 Å². The first-order chi connectivity index (χ1) is 1.41. The molecule has 2 radical (unpaired) electrons. The summed E-state index contributed by atoms with van der Waals surface area (Å²) in [5.41, 5.74) is 0. The summed E-state index contributed by atoms with van der Waals surface area (Å²) in [6, 6.07) is 0. The van der Waals surface area contributed by atoms with Crippen molar-refractivity contribution in [2.45, 2.75) is 0 Å². The Bertz CT molecular complexity index is 7.61. The van der Waals surface area contributed by atoms with Crippen LogP contribution in [0.25, 0.3) is 0 Å². The van der Waals surface area contributed by atoms with Crippen LogP contribution in [0, 0.1) is 6.92 Å². The third-order valence-corrected chi connectivity index (χ3v) is 0. The zero-order valence-electron chi connectivity index (χ0n) is 2.95. The van der Waals surface area contributed by atoms with E-state index < -0.39 is 0 Å². The largest absolute Gasteiger partial charge is 0.329 e. The summed E-state index contributed by atoms with van der Waals surface area (Å²) < 4.78 is 0. The van der Waals surface area contributed by atoms with Gasteiger partial charge in [0.25, 0.3) is 0 Å². The van der Waals surface area contributed by atoms with Gasteiger partial charge in [0.15, 0.2) is 0 Å². The molecular weight excluding hydrogens is 237 g/mol. The van der Waals surface area contributed by atoms with Crippen LogP contribution in [0.15, 0.2) is 0 Å². The minimum absolute atomic E-state index is 0. The zero-order valence-corrected chi connectivity index (χ0v) is 9.38. The molecule has 0 spiro atoms. The van der Waals surface area contributed by atoms with Gasteiger partial charge in [0.1, 0.15) is 0 Å². The first kappa shape index (κ1) is 15.6. The first-order valence-corrected chi connectivity index (χ1v) is 1.30. The molecule has 5 heavy (non-hydrogen) atoms. The van der Waals surface area contributed by atoms with E-state index in [1.54, 1.807) is 0 Å². The maximum atomic E-state index is 4.89. The van der Waals surface area contributed by atoms with E-state index in [0.29, 0.717) is 5.88 Å². The van der Waals surface area contributed by atoms with Crippen molar-refractivity contribution in [1.82, 2.24) is 0 Å². The van der Waals surface area contributed by atoms with Crippen molar-refractivity contribution in [3.8, 4) is 0 Å². The van der Waals surface area contributed by atoms with Gasteiger partial charge in [-0.25, -0.2) is 0 Å². The molecule has 0 atom stereocenters. The Labute approximate surface area is 88.2 Å². The van der Waals surface area contributed by atoms with E-state index in [4.69, 9.17) is 11.6 Å². The van der Waals surface area contributed by atoms with Crippen molar-refractivity contribution < 1.29 is 65.4 Å². The van der Waals surface area contributed by atoms with Crippen LogP contribution >= 0.6 is 11.6 Å². The molecule has 0 aliphatic carbocycles. The summed E-state index contributed by atoms with van der Waals surface area (Å²) in [6.07, 6.45) is 0. The summed E-state index contributed by atoms with van der Waals surface area (Å²) in [5, 5.41) is 0. The zero-order chi connectivity index (χ0) is 2.71. The smallest absolute Gasteiger partial charge is 0 e. The topological polar surface area (TPSA) is 0 Å². The Balaban J connectivity index is -0.0000000200. The van der Waals surface area contributed by atoms with Gasteiger partial charge >= 0.3 is 0 Å². The number of halogens is 1. The van der Waals surface area contributed by atoms with Gasteiger partial charge in [0, 0.05) is 65.4 Å². The molecule has 26 valence electrons. The number of hydrogen-bond acceptors (Lipinski definition) is 0. The van der Waals surface area contributed by atoms with Crippen LogP contribution in [0.4, 0.5) is 0 Å². The fraction of sp³-hybridized carbons (Fsp3) is 0.500. The quantitative estimate of drug-likeness (QED) is 0.439. The average molecular weight is 241 g/mol. The van der Waals surface area contributed by atoms with Gasteiger partial charge in [0.05, 0.1) is 0 Å². The van der Waals surface area contributed by atoms with Gasteiger partial charge in [-0.15, -0.1) is 5.88 Å². The molecule has 0 aromatic rings. The Morgan fingerprint density at radius 3 is 1.40 bits per heavy atom. The van der Waals surface area contributed by atoms with Gasteiger partial charge in [-0.2, -0.15) is 11.6 Å². The second-order valence-corrected chi connectivity index (χ2v) is 0.567. The molecule has 0 saturated carbocycles. The van der Waals surface area contributed by atoms with E-state index >= 15 is 0 Å². The Morgan fingerprint density at radius 2 is 1.40 bits per heavy atom. The van der Waals surface area contributed by atoms with Gasteiger partial charge < -0.3 is 6.92 Å². The molecule has 0 aromatic heterocycles. The van der Waals surface area contributed by atoms with Crippen molar-refractivity contribution in [3.63, 3.8) is 0 Å².